The molecule has 88 valence electrons. The molecule has 0 bridgehead atoms. The van der Waals surface area contributed by atoms with Crippen molar-refractivity contribution in [2.45, 2.75) is 59.8 Å². The van der Waals surface area contributed by atoms with Crippen LogP contribution in [0.1, 0.15) is 59.8 Å². The summed E-state index contributed by atoms with van der Waals surface area (Å²) < 4.78 is 0. The van der Waals surface area contributed by atoms with Crippen LogP contribution in [0.5, 0.6) is 0 Å². The lowest BCUT2D eigenvalue weighted by Gasteiger charge is -2.39. The Morgan fingerprint density at radius 2 is 2.00 bits per heavy atom. The Morgan fingerprint density at radius 1 is 1.33 bits per heavy atom. The standard InChI is InChI=1S/C14H26O/c1-5-11(10-15)12-7-6-8-13(9-12)14(2,3)4/h10-13H,5-9H2,1-4H3. The summed E-state index contributed by atoms with van der Waals surface area (Å²) in [7, 11) is 0. The molecule has 0 aliphatic heterocycles. The van der Waals surface area contributed by atoms with Crippen molar-refractivity contribution in [3.8, 4) is 0 Å². The van der Waals surface area contributed by atoms with E-state index in [0.29, 0.717) is 17.3 Å². The first kappa shape index (κ1) is 12.7. The SMILES string of the molecule is CCC(C=O)C1CCCC(C(C)(C)C)C1. The Bertz CT molecular complexity index is 202. The smallest absolute Gasteiger partial charge is 0.123 e. The van der Waals surface area contributed by atoms with Crippen LogP contribution in [-0.2, 0) is 4.79 Å². The first-order valence-electron chi connectivity index (χ1n) is 6.44. The van der Waals surface area contributed by atoms with Crippen LogP contribution in [-0.4, -0.2) is 6.29 Å². The molecule has 3 unspecified atom stereocenters. The molecule has 1 aliphatic rings. The van der Waals surface area contributed by atoms with Crippen molar-refractivity contribution in [2.24, 2.45) is 23.2 Å². The van der Waals surface area contributed by atoms with Crippen LogP contribution in [0.15, 0.2) is 0 Å². The van der Waals surface area contributed by atoms with Gasteiger partial charge in [0.15, 0.2) is 0 Å². The molecule has 0 aromatic heterocycles. The van der Waals surface area contributed by atoms with Gasteiger partial charge in [-0.05, 0) is 42.9 Å². The quantitative estimate of drug-likeness (QED) is 0.642. The molecule has 15 heavy (non-hydrogen) atoms. The lowest BCUT2D eigenvalue weighted by atomic mass is 9.66. The Balaban J connectivity index is 2.59. The van der Waals surface area contributed by atoms with E-state index in [4.69, 9.17) is 0 Å². The number of rotatable bonds is 3. The van der Waals surface area contributed by atoms with Gasteiger partial charge in [-0.1, -0.05) is 34.1 Å². The Hall–Kier alpha value is -0.330. The molecule has 1 heteroatoms. The van der Waals surface area contributed by atoms with E-state index in [0.717, 1.165) is 12.3 Å². The van der Waals surface area contributed by atoms with Crippen LogP contribution in [0.3, 0.4) is 0 Å². The summed E-state index contributed by atoms with van der Waals surface area (Å²) in [6.07, 6.45) is 7.41. The van der Waals surface area contributed by atoms with Gasteiger partial charge in [0.1, 0.15) is 6.29 Å². The minimum absolute atomic E-state index is 0.315. The third-order valence-corrected chi connectivity index (χ3v) is 4.19. The average Bonchev–Trinajstić information content (AvgIpc) is 2.19. The van der Waals surface area contributed by atoms with Crippen LogP contribution in [0.25, 0.3) is 0 Å². The molecule has 0 saturated heterocycles. The molecule has 0 N–H and O–H groups in total. The number of aldehydes is 1. The average molecular weight is 210 g/mol. The predicted octanol–water partition coefficient (Wildman–Crippen LogP) is 4.06. The molecule has 1 aliphatic carbocycles. The second-order valence-corrected chi connectivity index (χ2v) is 6.20. The van der Waals surface area contributed by atoms with Gasteiger partial charge in [0.2, 0.25) is 0 Å². The third kappa shape index (κ3) is 3.32. The summed E-state index contributed by atoms with van der Waals surface area (Å²) in [6, 6.07) is 0. The van der Waals surface area contributed by atoms with E-state index >= 15 is 0 Å². The molecule has 0 aromatic rings. The fourth-order valence-corrected chi connectivity index (χ4v) is 2.94. The van der Waals surface area contributed by atoms with Gasteiger partial charge < -0.3 is 4.79 Å². The summed E-state index contributed by atoms with van der Waals surface area (Å²) in [5.41, 5.74) is 0.417. The zero-order valence-corrected chi connectivity index (χ0v) is 10.8. The number of carbonyl (C=O) groups excluding carboxylic acids is 1. The van der Waals surface area contributed by atoms with Crippen molar-refractivity contribution in [3.05, 3.63) is 0 Å². The van der Waals surface area contributed by atoms with E-state index in [1.807, 2.05) is 0 Å². The zero-order valence-electron chi connectivity index (χ0n) is 10.8. The van der Waals surface area contributed by atoms with Crippen LogP contribution >= 0.6 is 0 Å². The molecule has 1 nitrogen and oxygen atoms in total. The lowest BCUT2D eigenvalue weighted by molar-refractivity contribution is -0.113. The van der Waals surface area contributed by atoms with Gasteiger partial charge in [0, 0.05) is 5.92 Å². The molecule has 1 saturated carbocycles. The molecular weight excluding hydrogens is 184 g/mol. The minimum Gasteiger partial charge on any atom is -0.303 e. The molecule has 1 rings (SSSR count). The van der Waals surface area contributed by atoms with E-state index in [9.17, 15) is 4.79 Å². The summed E-state index contributed by atoms with van der Waals surface area (Å²) in [6.45, 7) is 9.14. The van der Waals surface area contributed by atoms with E-state index in [1.165, 1.54) is 32.0 Å². The van der Waals surface area contributed by atoms with E-state index < -0.39 is 0 Å². The summed E-state index contributed by atoms with van der Waals surface area (Å²) >= 11 is 0. The van der Waals surface area contributed by atoms with E-state index in [-0.39, 0.29) is 0 Å². The van der Waals surface area contributed by atoms with Crippen molar-refractivity contribution in [1.82, 2.24) is 0 Å². The highest BCUT2D eigenvalue weighted by Crippen LogP contribution is 2.42. The third-order valence-electron chi connectivity index (χ3n) is 4.19. The number of hydrogen-bond donors (Lipinski definition) is 0. The maximum Gasteiger partial charge on any atom is 0.123 e. The number of hydrogen-bond acceptors (Lipinski definition) is 1. The maximum absolute atomic E-state index is 11.0. The fourth-order valence-electron chi connectivity index (χ4n) is 2.94. The van der Waals surface area contributed by atoms with Gasteiger partial charge in [-0.3, -0.25) is 0 Å². The second kappa shape index (κ2) is 5.14. The highest BCUT2D eigenvalue weighted by atomic mass is 16.1. The Kier molecular flexibility index (Phi) is 4.36. The molecular formula is C14H26O. The number of carbonyl (C=O) groups is 1. The molecule has 3 atom stereocenters. The van der Waals surface area contributed by atoms with Gasteiger partial charge in [-0.15, -0.1) is 0 Å². The van der Waals surface area contributed by atoms with Gasteiger partial charge in [-0.25, -0.2) is 0 Å². The van der Waals surface area contributed by atoms with E-state index in [1.54, 1.807) is 0 Å². The minimum atomic E-state index is 0.315. The van der Waals surface area contributed by atoms with Crippen molar-refractivity contribution >= 4 is 6.29 Å². The van der Waals surface area contributed by atoms with Crippen molar-refractivity contribution in [1.29, 1.82) is 0 Å². The molecule has 1 fully saturated rings. The molecule has 0 spiro atoms. The van der Waals surface area contributed by atoms with Crippen LogP contribution in [0.4, 0.5) is 0 Å². The Morgan fingerprint density at radius 3 is 2.47 bits per heavy atom. The van der Waals surface area contributed by atoms with Gasteiger partial charge in [0.25, 0.3) is 0 Å². The highest BCUT2D eigenvalue weighted by molar-refractivity contribution is 5.53. The van der Waals surface area contributed by atoms with Crippen molar-refractivity contribution in [2.75, 3.05) is 0 Å². The largest absolute Gasteiger partial charge is 0.303 e. The van der Waals surface area contributed by atoms with Crippen LogP contribution in [0.2, 0.25) is 0 Å². The van der Waals surface area contributed by atoms with Crippen LogP contribution in [0, 0.1) is 23.2 Å². The molecule has 0 aromatic carbocycles. The summed E-state index contributed by atoms with van der Waals surface area (Å²) in [5, 5.41) is 0. The monoisotopic (exact) mass is 210 g/mol. The maximum atomic E-state index is 11.0. The van der Waals surface area contributed by atoms with Crippen molar-refractivity contribution in [3.63, 3.8) is 0 Å². The normalized spacial score (nSPS) is 29.9. The van der Waals surface area contributed by atoms with Crippen molar-refractivity contribution < 1.29 is 4.79 Å². The highest BCUT2D eigenvalue weighted by Gasteiger charge is 2.33. The molecule has 0 amide bonds. The van der Waals surface area contributed by atoms with E-state index in [2.05, 4.69) is 27.7 Å². The lowest BCUT2D eigenvalue weighted by Crippen LogP contribution is -2.30. The predicted molar refractivity (Wildman–Crippen MR) is 64.7 cm³/mol. The first-order chi connectivity index (χ1) is 6.99. The van der Waals surface area contributed by atoms with Gasteiger partial charge in [0.05, 0.1) is 0 Å². The molecule has 0 heterocycles. The second-order valence-electron chi connectivity index (χ2n) is 6.20. The zero-order chi connectivity index (χ0) is 11.5. The Labute approximate surface area is 94.6 Å². The first-order valence-corrected chi connectivity index (χ1v) is 6.44. The van der Waals surface area contributed by atoms with Gasteiger partial charge in [-0.2, -0.15) is 0 Å². The fraction of sp³-hybridized carbons (Fsp3) is 0.929. The molecule has 0 radical (unpaired) electrons. The summed E-state index contributed by atoms with van der Waals surface area (Å²) in [4.78, 5) is 11.0. The van der Waals surface area contributed by atoms with Crippen LogP contribution < -0.4 is 0 Å². The summed E-state index contributed by atoms with van der Waals surface area (Å²) in [5.74, 6) is 1.78. The van der Waals surface area contributed by atoms with Gasteiger partial charge >= 0.3 is 0 Å². The topological polar surface area (TPSA) is 17.1 Å².